The maximum atomic E-state index is 10.4. The van der Waals surface area contributed by atoms with Crippen LogP contribution in [0.1, 0.15) is 12.5 Å². The molecule has 0 aliphatic heterocycles. The minimum absolute atomic E-state index is 0.468. The topological polar surface area (TPSA) is 67.5 Å². The average molecular weight is 246 g/mol. The lowest BCUT2D eigenvalue weighted by Gasteiger charge is -2.03. The molecule has 0 spiro atoms. The molecular formula is C9H9Cl2N3O. The van der Waals surface area contributed by atoms with Crippen LogP contribution in [-0.4, -0.2) is 11.7 Å². The smallest absolute Gasteiger partial charge is 0.332 e. The second-order valence-corrected chi connectivity index (χ2v) is 3.64. The van der Waals surface area contributed by atoms with E-state index < -0.39 is 6.03 Å². The molecule has 1 aromatic rings. The van der Waals surface area contributed by atoms with E-state index in [1.165, 1.54) is 0 Å². The molecule has 2 amide bonds. The quantitative estimate of drug-likeness (QED) is 0.610. The molecule has 0 aliphatic carbocycles. The number of carbonyl (C=O) groups excluding carboxylic acids is 1. The van der Waals surface area contributed by atoms with Gasteiger partial charge >= 0.3 is 6.03 Å². The van der Waals surface area contributed by atoms with Crippen LogP contribution in [0, 0.1) is 0 Å². The molecule has 0 radical (unpaired) electrons. The van der Waals surface area contributed by atoms with E-state index in [-0.39, 0.29) is 0 Å². The van der Waals surface area contributed by atoms with Crippen molar-refractivity contribution < 1.29 is 4.79 Å². The van der Waals surface area contributed by atoms with Crippen LogP contribution in [0.2, 0.25) is 10.0 Å². The molecular weight excluding hydrogens is 237 g/mol. The Balaban J connectivity index is 2.95. The highest BCUT2D eigenvalue weighted by Crippen LogP contribution is 2.21. The van der Waals surface area contributed by atoms with E-state index in [1.54, 1.807) is 25.1 Å². The van der Waals surface area contributed by atoms with Crippen LogP contribution in [0.3, 0.4) is 0 Å². The lowest BCUT2D eigenvalue weighted by Crippen LogP contribution is -2.25. The molecule has 1 rings (SSSR count). The Morgan fingerprint density at radius 1 is 1.47 bits per heavy atom. The molecule has 3 N–H and O–H groups in total. The molecule has 0 fully saturated rings. The van der Waals surface area contributed by atoms with E-state index in [1.807, 2.05) is 0 Å². The molecule has 80 valence electrons. The van der Waals surface area contributed by atoms with Crippen LogP contribution >= 0.6 is 23.2 Å². The standard InChI is InChI=1S/C9H9Cl2N3O/c1-5(13-14-9(12)15)7-3-2-6(10)4-8(7)11/h2-4H,1H3,(H3,12,14,15). The van der Waals surface area contributed by atoms with Crippen LogP contribution in [-0.2, 0) is 0 Å². The van der Waals surface area contributed by atoms with Crippen molar-refractivity contribution in [3.8, 4) is 0 Å². The Kier molecular flexibility index (Phi) is 3.94. The molecule has 0 aliphatic rings. The summed E-state index contributed by atoms with van der Waals surface area (Å²) >= 11 is 11.7. The third-order valence-corrected chi connectivity index (χ3v) is 2.20. The number of hydrazone groups is 1. The zero-order valence-corrected chi connectivity index (χ0v) is 9.43. The van der Waals surface area contributed by atoms with Gasteiger partial charge in [0.1, 0.15) is 0 Å². The van der Waals surface area contributed by atoms with Crippen molar-refractivity contribution in [2.75, 3.05) is 0 Å². The predicted octanol–water partition coefficient (Wildman–Crippen LogP) is 2.39. The number of nitrogens with one attached hydrogen (secondary N) is 1. The third kappa shape index (κ3) is 3.42. The van der Waals surface area contributed by atoms with Gasteiger partial charge in [-0.15, -0.1) is 0 Å². The van der Waals surface area contributed by atoms with Crippen molar-refractivity contribution in [1.82, 2.24) is 5.43 Å². The number of carbonyl (C=O) groups is 1. The first-order chi connectivity index (χ1) is 7.00. The van der Waals surface area contributed by atoms with Crippen LogP contribution < -0.4 is 11.2 Å². The molecule has 0 unspecified atom stereocenters. The highest BCUT2D eigenvalue weighted by Gasteiger charge is 2.04. The molecule has 0 aromatic heterocycles. The molecule has 0 saturated heterocycles. The third-order valence-electron chi connectivity index (χ3n) is 1.65. The molecule has 0 bridgehead atoms. The first-order valence-corrected chi connectivity index (χ1v) is 4.81. The summed E-state index contributed by atoms with van der Waals surface area (Å²) in [5, 5.41) is 4.76. The molecule has 0 saturated carbocycles. The maximum absolute atomic E-state index is 10.4. The van der Waals surface area contributed by atoms with Crippen LogP contribution in [0.4, 0.5) is 4.79 Å². The van der Waals surface area contributed by atoms with Crippen molar-refractivity contribution in [3.05, 3.63) is 33.8 Å². The highest BCUT2D eigenvalue weighted by molar-refractivity contribution is 6.37. The van der Waals surface area contributed by atoms with Gasteiger partial charge < -0.3 is 5.73 Å². The van der Waals surface area contributed by atoms with E-state index in [4.69, 9.17) is 28.9 Å². The maximum Gasteiger partial charge on any atom is 0.332 e. The minimum Gasteiger partial charge on any atom is -0.350 e. The average Bonchev–Trinajstić information content (AvgIpc) is 2.14. The fraction of sp³-hybridized carbons (Fsp3) is 0.111. The van der Waals surface area contributed by atoms with Crippen molar-refractivity contribution in [1.29, 1.82) is 0 Å². The van der Waals surface area contributed by atoms with E-state index >= 15 is 0 Å². The predicted molar refractivity (Wildman–Crippen MR) is 61.4 cm³/mol. The van der Waals surface area contributed by atoms with Crippen LogP contribution in [0.25, 0.3) is 0 Å². The zero-order valence-electron chi connectivity index (χ0n) is 7.92. The van der Waals surface area contributed by atoms with Gasteiger partial charge in [-0.05, 0) is 19.1 Å². The Hall–Kier alpha value is -1.26. The van der Waals surface area contributed by atoms with Gasteiger partial charge in [0.05, 0.1) is 10.7 Å². The summed E-state index contributed by atoms with van der Waals surface area (Å²) in [4.78, 5) is 10.4. The first kappa shape index (κ1) is 11.8. The summed E-state index contributed by atoms with van der Waals surface area (Å²) in [7, 11) is 0. The fourth-order valence-electron chi connectivity index (χ4n) is 0.982. The number of rotatable bonds is 2. The number of primary amides is 1. The molecule has 0 heterocycles. The van der Waals surface area contributed by atoms with Gasteiger partial charge in [0.25, 0.3) is 0 Å². The molecule has 1 aromatic carbocycles. The number of urea groups is 1. The number of nitrogens with two attached hydrogens (primary N) is 1. The number of amides is 2. The van der Waals surface area contributed by atoms with Crippen LogP contribution in [0.15, 0.2) is 23.3 Å². The van der Waals surface area contributed by atoms with Gasteiger partial charge in [0.15, 0.2) is 0 Å². The van der Waals surface area contributed by atoms with Gasteiger partial charge in [0, 0.05) is 10.6 Å². The van der Waals surface area contributed by atoms with Gasteiger partial charge in [-0.1, -0.05) is 29.3 Å². The lowest BCUT2D eigenvalue weighted by atomic mass is 10.1. The molecule has 6 heteroatoms. The van der Waals surface area contributed by atoms with E-state index in [2.05, 4.69) is 10.5 Å². The van der Waals surface area contributed by atoms with Crippen molar-refractivity contribution in [2.45, 2.75) is 6.92 Å². The number of hydrogen-bond acceptors (Lipinski definition) is 2. The fourth-order valence-corrected chi connectivity index (χ4v) is 1.53. The molecule has 4 nitrogen and oxygen atoms in total. The van der Waals surface area contributed by atoms with Crippen LogP contribution in [0.5, 0.6) is 0 Å². The van der Waals surface area contributed by atoms with E-state index in [0.29, 0.717) is 21.3 Å². The Morgan fingerprint density at radius 2 is 2.13 bits per heavy atom. The summed E-state index contributed by atoms with van der Waals surface area (Å²) < 4.78 is 0. The Bertz CT molecular complexity index is 418. The summed E-state index contributed by atoms with van der Waals surface area (Å²) in [6.45, 7) is 1.70. The Morgan fingerprint density at radius 3 is 2.67 bits per heavy atom. The van der Waals surface area contributed by atoms with E-state index in [0.717, 1.165) is 0 Å². The van der Waals surface area contributed by atoms with Crippen molar-refractivity contribution in [3.63, 3.8) is 0 Å². The summed E-state index contributed by atoms with van der Waals surface area (Å²) in [5.74, 6) is 0. The highest BCUT2D eigenvalue weighted by atomic mass is 35.5. The van der Waals surface area contributed by atoms with Gasteiger partial charge in [-0.2, -0.15) is 5.10 Å². The zero-order chi connectivity index (χ0) is 11.4. The van der Waals surface area contributed by atoms with Crippen molar-refractivity contribution in [2.24, 2.45) is 10.8 Å². The number of nitrogens with zero attached hydrogens (tertiary/aromatic N) is 1. The number of halogens is 2. The van der Waals surface area contributed by atoms with Gasteiger partial charge in [-0.25, -0.2) is 10.2 Å². The molecule has 15 heavy (non-hydrogen) atoms. The minimum atomic E-state index is -0.723. The SMILES string of the molecule is CC(=NNC(N)=O)c1ccc(Cl)cc1Cl. The largest absolute Gasteiger partial charge is 0.350 e. The lowest BCUT2D eigenvalue weighted by molar-refractivity contribution is 0.249. The second-order valence-electron chi connectivity index (χ2n) is 2.80. The monoisotopic (exact) mass is 245 g/mol. The number of benzene rings is 1. The second kappa shape index (κ2) is 5.00. The summed E-state index contributed by atoms with van der Waals surface area (Å²) in [6.07, 6.45) is 0. The number of hydrogen-bond donors (Lipinski definition) is 2. The first-order valence-electron chi connectivity index (χ1n) is 4.06. The van der Waals surface area contributed by atoms with Crippen molar-refractivity contribution >= 4 is 34.9 Å². The Labute approximate surface area is 97.0 Å². The van der Waals surface area contributed by atoms with E-state index in [9.17, 15) is 4.79 Å². The normalized spacial score (nSPS) is 11.3. The summed E-state index contributed by atoms with van der Waals surface area (Å²) in [5.41, 5.74) is 8.23. The van der Waals surface area contributed by atoms with Gasteiger partial charge in [0.2, 0.25) is 0 Å². The van der Waals surface area contributed by atoms with Gasteiger partial charge in [-0.3, -0.25) is 0 Å². The summed E-state index contributed by atoms with van der Waals surface area (Å²) in [6, 6.07) is 4.28. The molecule has 0 atom stereocenters.